The van der Waals surface area contributed by atoms with Crippen molar-refractivity contribution in [3.05, 3.63) is 54.2 Å². The number of aromatic nitrogens is 2. The maximum atomic E-state index is 13.0. The standard InChI is InChI=1S/C25H28N6O3S/c1-2-19-16-23(29-25(19)30-10-8-26-9-11-30)20-6-7-27-24(17-20)28-21-4-3-5-22(18-21)35(32,33)31-12-14-34-15-13-31/h1,3-7,16-18,26,29H,8-15H2,(H,27,28). The fourth-order valence-electron chi connectivity index (χ4n) is 4.33. The zero-order chi connectivity index (χ0) is 24.3. The molecule has 2 aliphatic rings. The number of ether oxygens (including phenoxy) is 1. The van der Waals surface area contributed by atoms with Crippen molar-refractivity contribution >= 4 is 27.3 Å². The lowest BCUT2D eigenvalue weighted by molar-refractivity contribution is 0.0730. The molecule has 2 fully saturated rings. The molecule has 2 aromatic heterocycles. The van der Waals surface area contributed by atoms with Crippen LogP contribution in [0.3, 0.4) is 0 Å². The number of aromatic amines is 1. The Morgan fingerprint density at radius 3 is 2.63 bits per heavy atom. The lowest BCUT2D eigenvalue weighted by atomic mass is 10.1. The molecule has 1 aromatic carbocycles. The molecule has 182 valence electrons. The van der Waals surface area contributed by atoms with E-state index in [1.165, 1.54) is 4.31 Å². The van der Waals surface area contributed by atoms with Crippen molar-refractivity contribution in [2.24, 2.45) is 0 Å². The lowest BCUT2D eigenvalue weighted by Crippen LogP contribution is -2.44. The Kier molecular flexibility index (Phi) is 6.74. The number of piperazine rings is 1. The van der Waals surface area contributed by atoms with Crippen LogP contribution in [-0.4, -0.2) is 75.2 Å². The topological polar surface area (TPSA) is 103 Å². The summed E-state index contributed by atoms with van der Waals surface area (Å²) in [6.45, 7) is 5.15. The first kappa shape index (κ1) is 23.4. The fraction of sp³-hybridized carbons (Fsp3) is 0.320. The van der Waals surface area contributed by atoms with Gasteiger partial charge in [0.2, 0.25) is 10.0 Å². The monoisotopic (exact) mass is 492 g/mol. The molecule has 0 saturated carbocycles. The summed E-state index contributed by atoms with van der Waals surface area (Å²) in [5.41, 5.74) is 3.30. The van der Waals surface area contributed by atoms with Crippen LogP contribution in [0.15, 0.2) is 53.6 Å². The van der Waals surface area contributed by atoms with Crippen molar-refractivity contribution in [3.8, 4) is 23.6 Å². The van der Waals surface area contributed by atoms with Gasteiger partial charge in [-0.2, -0.15) is 4.31 Å². The van der Waals surface area contributed by atoms with Gasteiger partial charge in [0, 0.05) is 62.4 Å². The minimum Gasteiger partial charge on any atom is -0.379 e. The normalized spacial score (nSPS) is 17.2. The van der Waals surface area contributed by atoms with Crippen LogP contribution in [0.5, 0.6) is 0 Å². The summed E-state index contributed by atoms with van der Waals surface area (Å²) < 4.78 is 32.8. The minimum atomic E-state index is -3.58. The number of H-pyrrole nitrogens is 1. The smallest absolute Gasteiger partial charge is 0.243 e. The molecule has 3 N–H and O–H groups in total. The third-order valence-corrected chi connectivity index (χ3v) is 8.07. The van der Waals surface area contributed by atoms with Gasteiger partial charge in [0.05, 0.1) is 23.7 Å². The number of hydrogen-bond acceptors (Lipinski definition) is 7. The van der Waals surface area contributed by atoms with E-state index in [1.807, 2.05) is 24.3 Å². The van der Waals surface area contributed by atoms with Crippen molar-refractivity contribution in [3.63, 3.8) is 0 Å². The van der Waals surface area contributed by atoms with Crippen LogP contribution in [-0.2, 0) is 14.8 Å². The highest BCUT2D eigenvalue weighted by Gasteiger charge is 2.26. The van der Waals surface area contributed by atoms with E-state index in [-0.39, 0.29) is 4.90 Å². The van der Waals surface area contributed by atoms with Gasteiger partial charge in [-0.15, -0.1) is 6.42 Å². The van der Waals surface area contributed by atoms with Gasteiger partial charge in [-0.3, -0.25) is 0 Å². The molecule has 35 heavy (non-hydrogen) atoms. The Balaban J connectivity index is 1.37. The zero-order valence-electron chi connectivity index (χ0n) is 19.3. The highest BCUT2D eigenvalue weighted by Crippen LogP contribution is 2.29. The van der Waals surface area contributed by atoms with Crippen LogP contribution in [0.25, 0.3) is 11.3 Å². The number of benzene rings is 1. The van der Waals surface area contributed by atoms with Crippen molar-refractivity contribution < 1.29 is 13.2 Å². The summed E-state index contributed by atoms with van der Waals surface area (Å²) >= 11 is 0. The maximum Gasteiger partial charge on any atom is 0.243 e. The number of nitrogens with zero attached hydrogens (tertiary/aromatic N) is 3. The molecule has 4 heterocycles. The molecule has 0 atom stereocenters. The summed E-state index contributed by atoms with van der Waals surface area (Å²) in [5, 5.41) is 6.59. The van der Waals surface area contributed by atoms with Gasteiger partial charge < -0.3 is 25.3 Å². The number of rotatable bonds is 6. The molecule has 5 rings (SSSR count). The first-order chi connectivity index (χ1) is 17.0. The van der Waals surface area contributed by atoms with E-state index in [0.717, 1.165) is 48.8 Å². The molecule has 3 aromatic rings. The lowest BCUT2D eigenvalue weighted by Gasteiger charge is -2.28. The molecule has 0 bridgehead atoms. The number of morpholine rings is 1. The molecule has 0 aliphatic carbocycles. The summed E-state index contributed by atoms with van der Waals surface area (Å²) in [6.07, 6.45) is 7.50. The third kappa shape index (κ3) is 5.04. The van der Waals surface area contributed by atoms with Crippen LogP contribution in [0.1, 0.15) is 5.56 Å². The SMILES string of the molecule is C#Cc1cc(-c2ccnc(Nc3cccc(S(=O)(=O)N4CCOCC4)c3)c2)[nH]c1N1CCNCC1. The van der Waals surface area contributed by atoms with Crippen LogP contribution < -0.4 is 15.5 Å². The largest absolute Gasteiger partial charge is 0.379 e. The van der Waals surface area contributed by atoms with Gasteiger partial charge in [0.15, 0.2) is 0 Å². The molecular formula is C25H28N6O3S. The average Bonchev–Trinajstić information content (AvgIpc) is 3.35. The average molecular weight is 493 g/mol. The van der Waals surface area contributed by atoms with Crippen LogP contribution in [0.2, 0.25) is 0 Å². The Labute approximate surface area is 205 Å². The third-order valence-electron chi connectivity index (χ3n) is 6.17. The van der Waals surface area contributed by atoms with Crippen molar-refractivity contribution in [1.29, 1.82) is 0 Å². The van der Waals surface area contributed by atoms with Gasteiger partial charge in [-0.25, -0.2) is 13.4 Å². The van der Waals surface area contributed by atoms with Crippen molar-refractivity contribution in [2.45, 2.75) is 4.90 Å². The second kappa shape index (κ2) is 10.1. The number of nitrogens with one attached hydrogen (secondary N) is 3. The van der Waals surface area contributed by atoms with E-state index < -0.39 is 10.0 Å². The van der Waals surface area contributed by atoms with Gasteiger partial charge in [-0.1, -0.05) is 12.0 Å². The maximum absolute atomic E-state index is 13.0. The van der Waals surface area contributed by atoms with Gasteiger partial charge in [0.25, 0.3) is 0 Å². The van der Waals surface area contributed by atoms with E-state index in [4.69, 9.17) is 11.2 Å². The van der Waals surface area contributed by atoms with E-state index in [9.17, 15) is 8.42 Å². The molecule has 0 radical (unpaired) electrons. The van der Waals surface area contributed by atoms with E-state index >= 15 is 0 Å². The molecule has 0 amide bonds. The zero-order valence-corrected chi connectivity index (χ0v) is 20.1. The summed E-state index contributed by atoms with van der Waals surface area (Å²) in [7, 11) is -3.58. The van der Waals surface area contributed by atoms with Crippen LogP contribution >= 0.6 is 0 Å². The van der Waals surface area contributed by atoms with Gasteiger partial charge in [0.1, 0.15) is 11.6 Å². The van der Waals surface area contributed by atoms with Crippen LogP contribution in [0.4, 0.5) is 17.3 Å². The first-order valence-corrected chi connectivity index (χ1v) is 13.1. The van der Waals surface area contributed by atoms with Gasteiger partial charge >= 0.3 is 0 Å². The highest BCUT2D eigenvalue weighted by atomic mass is 32.2. The summed E-state index contributed by atoms with van der Waals surface area (Å²) in [4.78, 5) is 10.4. The quantitative estimate of drug-likeness (QED) is 0.454. The van der Waals surface area contributed by atoms with Crippen molar-refractivity contribution in [2.75, 3.05) is 62.7 Å². The Hall–Kier alpha value is -3.36. The fourth-order valence-corrected chi connectivity index (χ4v) is 5.79. The molecule has 2 aliphatic heterocycles. The Bertz CT molecular complexity index is 1340. The number of pyridine rings is 1. The highest BCUT2D eigenvalue weighted by molar-refractivity contribution is 7.89. The molecule has 10 heteroatoms. The van der Waals surface area contributed by atoms with Crippen molar-refractivity contribution in [1.82, 2.24) is 19.6 Å². The van der Waals surface area contributed by atoms with E-state index in [2.05, 4.69) is 31.4 Å². The molecule has 2 saturated heterocycles. The Morgan fingerprint density at radius 2 is 1.86 bits per heavy atom. The minimum absolute atomic E-state index is 0.240. The molecule has 0 spiro atoms. The summed E-state index contributed by atoms with van der Waals surface area (Å²) in [6, 6.07) is 12.6. The second-order valence-corrected chi connectivity index (χ2v) is 10.4. The predicted octanol–water partition coefficient (Wildman–Crippen LogP) is 2.23. The van der Waals surface area contributed by atoms with E-state index in [1.54, 1.807) is 24.4 Å². The first-order valence-electron chi connectivity index (χ1n) is 11.6. The Morgan fingerprint density at radius 1 is 1.06 bits per heavy atom. The predicted molar refractivity (Wildman–Crippen MR) is 136 cm³/mol. The van der Waals surface area contributed by atoms with Crippen LogP contribution in [0, 0.1) is 12.3 Å². The number of anilines is 3. The number of hydrogen-bond donors (Lipinski definition) is 3. The molecule has 0 unspecified atom stereocenters. The number of terminal acetylenes is 1. The number of sulfonamides is 1. The second-order valence-electron chi connectivity index (χ2n) is 8.43. The van der Waals surface area contributed by atoms with Gasteiger partial charge in [-0.05, 0) is 36.4 Å². The molecular weight excluding hydrogens is 464 g/mol. The van der Waals surface area contributed by atoms with E-state index in [0.29, 0.717) is 37.8 Å². The summed E-state index contributed by atoms with van der Waals surface area (Å²) in [5.74, 6) is 4.35. The molecule has 9 nitrogen and oxygen atoms in total.